The first kappa shape index (κ1) is 12.0. The van der Waals surface area contributed by atoms with Crippen LogP contribution in [0.3, 0.4) is 0 Å². The molecule has 0 aliphatic heterocycles. The monoisotopic (exact) mass is 255 g/mol. The van der Waals surface area contributed by atoms with Gasteiger partial charge in [-0.1, -0.05) is 18.2 Å². The molecule has 0 fully saturated rings. The molecule has 3 rings (SSSR count). The van der Waals surface area contributed by atoms with Crippen LogP contribution in [-0.4, -0.2) is 9.78 Å². The number of para-hydroxylation sites is 1. The van der Waals surface area contributed by atoms with Gasteiger partial charge < -0.3 is 10.2 Å². The summed E-state index contributed by atoms with van der Waals surface area (Å²) < 4.78 is 7.70. The zero-order valence-corrected chi connectivity index (χ0v) is 11.3. The van der Waals surface area contributed by atoms with Gasteiger partial charge in [0.1, 0.15) is 11.3 Å². The van der Waals surface area contributed by atoms with Crippen molar-refractivity contribution in [2.45, 2.75) is 19.9 Å². The van der Waals surface area contributed by atoms with E-state index in [1.165, 1.54) is 0 Å². The summed E-state index contributed by atoms with van der Waals surface area (Å²) in [5, 5.41) is 5.48. The van der Waals surface area contributed by atoms with E-state index in [2.05, 4.69) is 5.10 Å². The van der Waals surface area contributed by atoms with Gasteiger partial charge in [-0.05, 0) is 26.0 Å². The fourth-order valence-corrected chi connectivity index (χ4v) is 2.54. The summed E-state index contributed by atoms with van der Waals surface area (Å²) in [6, 6.07) is 9.66. The van der Waals surface area contributed by atoms with Crippen molar-refractivity contribution < 1.29 is 4.42 Å². The summed E-state index contributed by atoms with van der Waals surface area (Å²) in [6.07, 6.45) is 0. The van der Waals surface area contributed by atoms with Crippen molar-refractivity contribution >= 4 is 11.0 Å². The Morgan fingerprint density at radius 3 is 2.63 bits per heavy atom. The molecule has 0 saturated carbocycles. The number of hydrogen-bond acceptors (Lipinski definition) is 3. The molecule has 2 N–H and O–H groups in total. The average molecular weight is 255 g/mol. The van der Waals surface area contributed by atoms with E-state index in [9.17, 15) is 0 Å². The second-order valence-corrected chi connectivity index (χ2v) is 4.87. The van der Waals surface area contributed by atoms with Gasteiger partial charge in [-0.25, -0.2) is 0 Å². The van der Waals surface area contributed by atoms with Crippen molar-refractivity contribution in [2.24, 2.45) is 12.8 Å². The maximum absolute atomic E-state index is 6.35. The molecule has 1 unspecified atom stereocenters. The van der Waals surface area contributed by atoms with Gasteiger partial charge in [0, 0.05) is 23.7 Å². The zero-order chi connectivity index (χ0) is 13.6. The molecular formula is C15H17N3O. The average Bonchev–Trinajstić information content (AvgIpc) is 2.91. The third kappa shape index (κ3) is 1.85. The largest absolute Gasteiger partial charge is 0.459 e. The molecule has 0 spiro atoms. The van der Waals surface area contributed by atoms with Crippen molar-refractivity contribution in [2.75, 3.05) is 0 Å². The lowest BCUT2D eigenvalue weighted by molar-refractivity contribution is 0.523. The van der Waals surface area contributed by atoms with Gasteiger partial charge in [0.25, 0.3) is 0 Å². The van der Waals surface area contributed by atoms with Crippen LogP contribution in [0.1, 0.15) is 28.8 Å². The third-order valence-corrected chi connectivity index (χ3v) is 3.63. The van der Waals surface area contributed by atoms with Gasteiger partial charge in [-0.3, -0.25) is 4.68 Å². The first-order chi connectivity index (χ1) is 9.08. The molecule has 1 aromatic carbocycles. The third-order valence-electron chi connectivity index (χ3n) is 3.63. The Labute approximate surface area is 111 Å². The van der Waals surface area contributed by atoms with Crippen LogP contribution in [0.2, 0.25) is 0 Å². The van der Waals surface area contributed by atoms with E-state index >= 15 is 0 Å². The van der Waals surface area contributed by atoms with Gasteiger partial charge in [0.05, 0.1) is 11.7 Å². The zero-order valence-electron chi connectivity index (χ0n) is 11.3. The highest BCUT2D eigenvalue weighted by molar-refractivity contribution is 5.78. The van der Waals surface area contributed by atoms with Gasteiger partial charge in [-0.2, -0.15) is 5.10 Å². The minimum absolute atomic E-state index is 0.277. The molecule has 98 valence electrons. The highest BCUT2D eigenvalue weighted by Crippen LogP contribution is 2.29. The number of fused-ring (bicyclic) bond motifs is 1. The molecule has 1 atom stereocenters. The SMILES string of the molecule is Cc1nn(C)c(C)c1C(N)c1cc2ccccc2o1. The number of benzene rings is 1. The van der Waals surface area contributed by atoms with Gasteiger partial charge in [0.15, 0.2) is 0 Å². The summed E-state index contributed by atoms with van der Waals surface area (Å²) in [4.78, 5) is 0. The highest BCUT2D eigenvalue weighted by Gasteiger charge is 2.21. The van der Waals surface area contributed by atoms with E-state index < -0.39 is 0 Å². The maximum atomic E-state index is 6.35. The first-order valence-corrected chi connectivity index (χ1v) is 6.32. The van der Waals surface area contributed by atoms with Crippen molar-refractivity contribution in [3.63, 3.8) is 0 Å². The summed E-state index contributed by atoms with van der Waals surface area (Å²) in [6.45, 7) is 4.00. The van der Waals surface area contributed by atoms with Crippen LogP contribution in [0.5, 0.6) is 0 Å². The topological polar surface area (TPSA) is 57.0 Å². The molecule has 2 aromatic heterocycles. The molecule has 0 aliphatic rings. The number of aryl methyl sites for hydroxylation is 2. The molecule has 4 nitrogen and oxygen atoms in total. The fraction of sp³-hybridized carbons (Fsp3) is 0.267. The van der Waals surface area contributed by atoms with Crippen molar-refractivity contribution in [1.29, 1.82) is 0 Å². The van der Waals surface area contributed by atoms with Crippen molar-refractivity contribution in [1.82, 2.24) is 9.78 Å². The van der Waals surface area contributed by atoms with E-state index in [4.69, 9.17) is 10.2 Å². The van der Waals surface area contributed by atoms with Crippen LogP contribution in [0, 0.1) is 13.8 Å². The van der Waals surface area contributed by atoms with E-state index in [0.29, 0.717) is 0 Å². The van der Waals surface area contributed by atoms with Crippen molar-refractivity contribution in [3.8, 4) is 0 Å². The Kier molecular flexibility index (Phi) is 2.68. The number of aromatic nitrogens is 2. The number of nitrogens with two attached hydrogens (primary N) is 1. The molecule has 0 bridgehead atoms. The van der Waals surface area contributed by atoms with E-state index in [0.717, 1.165) is 33.7 Å². The standard InChI is InChI=1S/C15H17N3O/c1-9-14(10(2)18(3)17-9)15(16)13-8-11-6-4-5-7-12(11)19-13/h4-8,15H,16H2,1-3H3. The number of furan rings is 1. The number of nitrogens with zero attached hydrogens (tertiary/aromatic N) is 2. The van der Waals surface area contributed by atoms with Crippen molar-refractivity contribution in [3.05, 3.63) is 53.0 Å². The second kappa shape index (κ2) is 4.24. The normalized spacial score (nSPS) is 13.1. The molecule has 0 aliphatic carbocycles. The Bertz CT molecular complexity index is 706. The van der Waals surface area contributed by atoms with Gasteiger partial charge in [-0.15, -0.1) is 0 Å². The molecule has 4 heteroatoms. The van der Waals surface area contributed by atoms with Crippen LogP contribution in [-0.2, 0) is 7.05 Å². The van der Waals surface area contributed by atoms with Crippen LogP contribution < -0.4 is 5.73 Å². The molecular weight excluding hydrogens is 238 g/mol. The second-order valence-electron chi connectivity index (χ2n) is 4.87. The summed E-state index contributed by atoms with van der Waals surface area (Å²) >= 11 is 0. The summed E-state index contributed by atoms with van der Waals surface area (Å²) in [7, 11) is 1.93. The molecule has 2 heterocycles. The maximum Gasteiger partial charge on any atom is 0.134 e. The lowest BCUT2D eigenvalue weighted by Gasteiger charge is -2.09. The van der Waals surface area contributed by atoms with E-state index in [-0.39, 0.29) is 6.04 Å². The first-order valence-electron chi connectivity index (χ1n) is 6.32. The molecule has 0 amide bonds. The Morgan fingerprint density at radius 1 is 1.26 bits per heavy atom. The van der Waals surface area contributed by atoms with Gasteiger partial charge in [0.2, 0.25) is 0 Å². The smallest absolute Gasteiger partial charge is 0.134 e. The highest BCUT2D eigenvalue weighted by atomic mass is 16.3. The minimum atomic E-state index is -0.277. The quantitative estimate of drug-likeness (QED) is 0.766. The Morgan fingerprint density at radius 2 is 2.00 bits per heavy atom. The lowest BCUT2D eigenvalue weighted by atomic mass is 10.0. The number of rotatable bonds is 2. The van der Waals surface area contributed by atoms with Crippen LogP contribution >= 0.6 is 0 Å². The van der Waals surface area contributed by atoms with Crippen LogP contribution in [0.15, 0.2) is 34.7 Å². The summed E-state index contributed by atoms with van der Waals surface area (Å²) in [5.41, 5.74) is 10.3. The Hall–Kier alpha value is -2.07. The summed E-state index contributed by atoms with van der Waals surface area (Å²) in [5.74, 6) is 0.778. The minimum Gasteiger partial charge on any atom is -0.459 e. The molecule has 19 heavy (non-hydrogen) atoms. The van der Waals surface area contributed by atoms with Crippen LogP contribution in [0.25, 0.3) is 11.0 Å². The van der Waals surface area contributed by atoms with Crippen LogP contribution in [0.4, 0.5) is 0 Å². The fourth-order valence-electron chi connectivity index (χ4n) is 2.54. The lowest BCUT2D eigenvalue weighted by Crippen LogP contribution is -2.13. The molecule has 0 saturated heterocycles. The molecule has 3 aromatic rings. The van der Waals surface area contributed by atoms with Gasteiger partial charge >= 0.3 is 0 Å². The van der Waals surface area contributed by atoms with E-state index in [1.54, 1.807) is 0 Å². The predicted octanol–water partition coefficient (Wildman–Crippen LogP) is 2.83. The molecule has 0 radical (unpaired) electrons. The Balaban J connectivity index is 2.10. The van der Waals surface area contributed by atoms with E-state index in [1.807, 2.05) is 55.9 Å². The predicted molar refractivity (Wildman–Crippen MR) is 74.9 cm³/mol. The number of hydrogen-bond donors (Lipinski definition) is 1.